The van der Waals surface area contributed by atoms with E-state index in [-0.39, 0.29) is 18.0 Å². The molecule has 9 aliphatic carbocycles. The fourth-order valence-electron chi connectivity index (χ4n) is 8.66. The van der Waals surface area contributed by atoms with Crippen LogP contribution in [-0.2, 0) is 19.2 Å². The number of rotatable bonds is 0. The van der Waals surface area contributed by atoms with E-state index in [1.54, 1.807) is 0 Å². The molecule has 9 rings (SSSR count). The van der Waals surface area contributed by atoms with Crippen LogP contribution >= 0.6 is 0 Å². The van der Waals surface area contributed by atoms with E-state index in [0.29, 0.717) is 37.2 Å². The Hall–Kier alpha value is -3.92. The summed E-state index contributed by atoms with van der Waals surface area (Å²) in [6.07, 6.45) is 22.8. The topological polar surface area (TPSA) is 68.3 Å². The van der Waals surface area contributed by atoms with Crippen LogP contribution in [0.4, 0.5) is 0 Å². The van der Waals surface area contributed by atoms with Crippen LogP contribution in [0.2, 0.25) is 0 Å². The maximum absolute atomic E-state index is 13.7. The summed E-state index contributed by atoms with van der Waals surface area (Å²) in [5, 5.41) is 0. The molecule has 196 valence electrons. The van der Waals surface area contributed by atoms with Gasteiger partial charge in [-0.05, 0) is 90.4 Å². The predicted molar refractivity (Wildman–Crippen MR) is 150 cm³/mol. The van der Waals surface area contributed by atoms with Crippen LogP contribution in [0.3, 0.4) is 0 Å². The first kappa shape index (κ1) is 22.9. The summed E-state index contributed by atoms with van der Waals surface area (Å²) < 4.78 is 0. The van der Waals surface area contributed by atoms with Gasteiger partial charge in [0.05, 0.1) is 17.8 Å². The molecule has 9 aliphatic rings. The highest BCUT2D eigenvalue weighted by atomic mass is 16.2. The van der Waals surface area contributed by atoms with Crippen LogP contribution in [0.1, 0.15) is 51.4 Å². The number of hydrogen-bond donors (Lipinski definition) is 0. The van der Waals surface area contributed by atoms with Crippen molar-refractivity contribution in [2.24, 2.45) is 23.7 Å². The van der Waals surface area contributed by atoms with Gasteiger partial charge in [-0.2, -0.15) is 0 Å². The van der Waals surface area contributed by atoms with E-state index >= 15 is 0 Å². The van der Waals surface area contributed by atoms with Crippen molar-refractivity contribution in [3.63, 3.8) is 0 Å². The molecule has 4 heteroatoms. The van der Waals surface area contributed by atoms with Crippen molar-refractivity contribution < 1.29 is 19.2 Å². The van der Waals surface area contributed by atoms with Crippen LogP contribution in [-0.4, -0.2) is 23.1 Å². The third kappa shape index (κ3) is 3.08. The molecule has 0 aromatic rings. The third-order valence-electron chi connectivity index (χ3n) is 10.9. The average Bonchev–Trinajstić information content (AvgIpc) is 3.30. The summed E-state index contributed by atoms with van der Waals surface area (Å²) in [7, 11) is 0. The standard InChI is InChI=1S/C36H28O4/c37-33-29-14-19-3-1-17-5-18-2-4-20-15-30-26-10-24(20)8-22(18)6-21(17)7-23(19)9-25(29)11-27-13-28(12-26)32(36(40)34(30)38)16-31(27)35(33)39/h1-4,6,9-10,13,17,29-31H,5,7-8,11-12,14-16H2. The zero-order valence-corrected chi connectivity index (χ0v) is 22.2. The zero-order valence-electron chi connectivity index (χ0n) is 22.2. The molecule has 0 N–H and O–H groups in total. The molecule has 0 aliphatic heterocycles. The van der Waals surface area contributed by atoms with Crippen molar-refractivity contribution in [2.45, 2.75) is 51.4 Å². The number of carbonyl (C=O) groups excluding carboxylic acids is 4. The Bertz CT molecular complexity index is 1760. The van der Waals surface area contributed by atoms with Crippen molar-refractivity contribution in [2.75, 3.05) is 0 Å². The van der Waals surface area contributed by atoms with E-state index < -0.39 is 29.3 Å². The first-order valence-electron chi connectivity index (χ1n) is 14.6. The number of carbonyl (C=O) groups is 4. The Morgan fingerprint density at radius 3 is 1.73 bits per heavy atom. The molecule has 0 spiro atoms. The second kappa shape index (κ2) is 7.84. The van der Waals surface area contributed by atoms with E-state index in [9.17, 15) is 19.2 Å². The maximum atomic E-state index is 13.7. The maximum Gasteiger partial charge on any atom is 0.225 e. The molecular weight excluding hydrogens is 496 g/mol. The molecule has 0 saturated heterocycles. The highest BCUT2D eigenvalue weighted by molar-refractivity contribution is 6.46. The second-order valence-corrected chi connectivity index (χ2v) is 12.9. The molecule has 1 saturated carbocycles. The molecule has 4 nitrogen and oxygen atoms in total. The molecule has 4 unspecified atom stereocenters. The molecular formula is C36H28O4. The van der Waals surface area contributed by atoms with E-state index in [2.05, 4.69) is 42.5 Å². The highest BCUT2D eigenvalue weighted by Crippen LogP contribution is 2.50. The second-order valence-electron chi connectivity index (χ2n) is 12.9. The number of allylic oxidation sites excluding steroid dienone is 20. The van der Waals surface area contributed by atoms with Crippen molar-refractivity contribution >= 4 is 23.1 Å². The van der Waals surface area contributed by atoms with Gasteiger partial charge >= 0.3 is 0 Å². The lowest BCUT2D eigenvalue weighted by Crippen LogP contribution is -2.32. The summed E-state index contributed by atoms with van der Waals surface area (Å²) in [5.74, 6) is -2.80. The van der Waals surface area contributed by atoms with Gasteiger partial charge in [0.25, 0.3) is 0 Å². The van der Waals surface area contributed by atoms with Crippen LogP contribution in [0, 0.1) is 23.7 Å². The van der Waals surface area contributed by atoms with Crippen LogP contribution in [0.5, 0.6) is 0 Å². The molecule has 8 bridgehead atoms. The molecule has 40 heavy (non-hydrogen) atoms. The lowest BCUT2D eigenvalue weighted by atomic mass is 9.76. The fraction of sp³-hybridized carbons (Fsp3) is 0.333. The number of Topliss-reactive ketones (excluding diaryl/α,β-unsaturated/α-hetero) is 4. The molecule has 4 atom stereocenters. The summed E-state index contributed by atoms with van der Waals surface area (Å²) >= 11 is 0. The number of hydrogen-bond acceptors (Lipinski definition) is 4. The Morgan fingerprint density at radius 1 is 0.450 bits per heavy atom. The van der Waals surface area contributed by atoms with Gasteiger partial charge in [-0.3, -0.25) is 19.2 Å². The molecule has 0 amide bonds. The van der Waals surface area contributed by atoms with Crippen LogP contribution in [0.25, 0.3) is 0 Å². The van der Waals surface area contributed by atoms with Gasteiger partial charge in [0.1, 0.15) is 0 Å². The first-order chi connectivity index (χ1) is 19.4. The van der Waals surface area contributed by atoms with E-state index in [0.717, 1.165) is 47.1 Å². The van der Waals surface area contributed by atoms with Gasteiger partial charge in [0.15, 0.2) is 0 Å². The van der Waals surface area contributed by atoms with Crippen molar-refractivity contribution in [3.05, 3.63) is 115 Å². The smallest absolute Gasteiger partial charge is 0.225 e. The van der Waals surface area contributed by atoms with E-state index in [1.165, 1.54) is 33.4 Å². The highest BCUT2D eigenvalue weighted by Gasteiger charge is 2.46. The van der Waals surface area contributed by atoms with Gasteiger partial charge in [-0.1, -0.05) is 70.9 Å². The molecule has 1 fully saturated rings. The van der Waals surface area contributed by atoms with Crippen LogP contribution < -0.4 is 0 Å². The molecule has 0 radical (unpaired) electrons. The SMILES string of the molecule is O=C1C(=O)C2CC3=C4C=C2CC2=C1CC1C(=O)C(=O)C5CC6=C(C=C5CC1=C2)CC1=CC(=C(C=C3)CC1C=C6)C4. The summed E-state index contributed by atoms with van der Waals surface area (Å²) in [6.45, 7) is 0. The van der Waals surface area contributed by atoms with Gasteiger partial charge in [0, 0.05) is 11.5 Å². The van der Waals surface area contributed by atoms with E-state index in [1.807, 2.05) is 6.08 Å². The summed E-state index contributed by atoms with van der Waals surface area (Å²) in [4.78, 5) is 54.7. The Morgan fingerprint density at radius 2 is 0.975 bits per heavy atom. The fourth-order valence-corrected chi connectivity index (χ4v) is 8.66. The molecule has 0 heterocycles. The average molecular weight is 525 g/mol. The minimum absolute atomic E-state index is 0.168. The van der Waals surface area contributed by atoms with Gasteiger partial charge in [0.2, 0.25) is 23.1 Å². The third-order valence-corrected chi connectivity index (χ3v) is 10.9. The van der Waals surface area contributed by atoms with Crippen LogP contribution in [0.15, 0.2) is 115 Å². The quantitative estimate of drug-likeness (QED) is 0.366. The Kier molecular flexibility index (Phi) is 4.48. The van der Waals surface area contributed by atoms with Gasteiger partial charge in [-0.15, -0.1) is 0 Å². The lowest BCUT2D eigenvalue weighted by Gasteiger charge is -2.28. The number of ketones is 4. The van der Waals surface area contributed by atoms with Gasteiger partial charge < -0.3 is 0 Å². The lowest BCUT2D eigenvalue weighted by molar-refractivity contribution is -0.140. The van der Waals surface area contributed by atoms with Crippen molar-refractivity contribution in [1.29, 1.82) is 0 Å². The first-order valence-corrected chi connectivity index (χ1v) is 14.6. The minimum atomic E-state index is -0.646. The van der Waals surface area contributed by atoms with Crippen molar-refractivity contribution in [3.8, 4) is 0 Å². The largest absolute Gasteiger partial charge is 0.290 e. The normalized spacial score (nSPS) is 33.4. The van der Waals surface area contributed by atoms with E-state index in [4.69, 9.17) is 0 Å². The zero-order chi connectivity index (χ0) is 26.9. The molecule has 0 aromatic carbocycles. The minimum Gasteiger partial charge on any atom is -0.290 e. The summed E-state index contributed by atoms with van der Waals surface area (Å²) in [5.41, 5.74) is 13.2. The van der Waals surface area contributed by atoms with Crippen molar-refractivity contribution in [1.82, 2.24) is 0 Å². The molecule has 0 aromatic heterocycles. The Balaban J connectivity index is 1.30. The Labute approximate surface area is 232 Å². The summed E-state index contributed by atoms with van der Waals surface area (Å²) in [6, 6.07) is 0. The monoisotopic (exact) mass is 524 g/mol. The predicted octanol–water partition coefficient (Wildman–Crippen LogP) is 5.98. The van der Waals surface area contributed by atoms with Gasteiger partial charge in [-0.25, -0.2) is 0 Å².